The van der Waals surface area contributed by atoms with Gasteiger partial charge in [0.2, 0.25) is 6.08 Å². The monoisotopic (exact) mass is 141 g/mol. The van der Waals surface area contributed by atoms with E-state index in [-0.39, 0.29) is 0 Å². The number of aliphatic imine (C=N–C) groups is 1. The molecule has 2 aliphatic rings. The topological polar surface area (TPSA) is 29.4 Å². The van der Waals surface area contributed by atoms with Gasteiger partial charge in [-0.3, -0.25) is 0 Å². The molecular weight excluding hydrogens is 134 g/mol. The summed E-state index contributed by atoms with van der Waals surface area (Å²) in [5.74, 6) is 2.42. The Morgan fingerprint density at radius 2 is 2.44 bits per heavy atom. The maximum absolute atomic E-state index is 9.78. The molecule has 48 valence electrons. The van der Waals surface area contributed by atoms with Crippen LogP contribution in [0.5, 0.6) is 0 Å². The zero-order valence-electron chi connectivity index (χ0n) is 4.96. The second-order valence-electron chi connectivity index (χ2n) is 2.80. The molecule has 1 saturated carbocycles. The Balaban J connectivity index is 2.01. The van der Waals surface area contributed by atoms with Gasteiger partial charge < -0.3 is 0 Å². The fourth-order valence-electron chi connectivity index (χ4n) is 1.25. The number of hydrogen-bond acceptors (Lipinski definition) is 3. The minimum atomic E-state index is 0.344. The molecule has 1 spiro atoms. The van der Waals surface area contributed by atoms with Crippen LogP contribution in [0.15, 0.2) is 4.99 Å². The lowest BCUT2D eigenvalue weighted by atomic mass is 10.1. The summed E-state index contributed by atoms with van der Waals surface area (Å²) < 4.78 is 0. The average molecular weight is 141 g/mol. The van der Waals surface area contributed by atoms with Crippen molar-refractivity contribution < 1.29 is 4.79 Å². The van der Waals surface area contributed by atoms with Crippen LogP contribution < -0.4 is 0 Å². The summed E-state index contributed by atoms with van der Waals surface area (Å²) in [6, 6.07) is 0.344. The van der Waals surface area contributed by atoms with E-state index >= 15 is 0 Å². The number of isocyanates is 1. The Bertz CT molecular complexity index is 181. The second kappa shape index (κ2) is 1.61. The van der Waals surface area contributed by atoms with E-state index in [0.29, 0.717) is 11.5 Å². The molecule has 1 unspecified atom stereocenters. The molecule has 0 bridgehead atoms. The average Bonchev–Trinajstić information content (AvgIpc) is 2.41. The van der Waals surface area contributed by atoms with Gasteiger partial charge in [-0.2, -0.15) is 11.8 Å². The van der Waals surface area contributed by atoms with Crippen molar-refractivity contribution in [3.63, 3.8) is 0 Å². The van der Waals surface area contributed by atoms with Gasteiger partial charge in [0.05, 0.1) is 6.04 Å². The smallest absolute Gasteiger partial charge is 0.211 e. The molecule has 2 rings (SSSR count). The minimum Gasteiger partial charge on any atom is -0.211 e. The Kier molecular flexibility index (Phi) is 0.988. The van der Waals surface area contributed by atoms with E-state index < -0.39 is 0 Å². The van der Waals surface area contributed by atoms with Crippen molar-refractivity contribution in [2.24, 2.45) is 10.4 Å². The van der Waals surface area contributed by atoms with E-state index in [9.17, 15) is 4.79 Å². The van der Waals surface area contributed by atoms with Crippen LogP contribution in [-0.2, 0) is 4.79 Å². The summed E-state index contributed by atoms with van der Waals surface area (Å²) in [4.78, 5) is 13.5. The molecular formula is C6H7NOS. The Morgan fingerprint density at radius 1 is 1.67 bits per heavy atom. The maximum atomic E-state index is 9.78. The highest BCUT2D eigenvalue weighted by molar-refractivity contribution is 8.00. The quantitative estimate of drug-likeness (QED) is 0.400. The third kappa shape index (κ3) is 0.652. The molecule has 2 nitrogen and oxygen atoms in total. The number of thioether (sulfide) groups is 1. The second-order valence-corrected chi connectivity index (χ2v) is 3.78. The summed E-state index contributed by atoms with van der Waals surface area (Å²) in [7, 11) is 0. The van der Waals surface area contributed by atoms with Gasteiger partial charge in [-0.05, 0) is 6.42 Å². The van der Waals surface area contributed by atoms with Gasteiger partial charge in [0, 0.05) is 16.9 Å². The van der Waals surface area contributed by atoms with E-state index in [2.05, 4.69) is 4.99 Å². The van der Waals surface area contributed by atoms with Gasteiger partial charge in [0.15, 0.2) is 0 Å². The SMILES string of the molecule is O=C=NC1CC12CSC2. The first-order valence-electron chi connectivity index (χ1n) is 3.02. The lowest BCUT2D eigenvalue weighted by molar-refractivity contribution is 0.556. The van der Waals surface area contributed by atoms with Crippen LogP contribution in [0.1, 0.15) is 6.42 Å². The van der Waals surface area contributed by atoms with Gasteiger partial charge in [-0.1, -0.05) is 0 Å². The highest BCUT2D eigenvalue weighted by atomic mass is 32.2. The first kappa shape index (κ1) is 5.51. The third-order valence-electron chi connectivity index (χ3n) is 2.13. The molecule has 0 aromatic heterocycles. The van der Waals surface area contributed by atoms with Crippen molar-refractivity contribution in [3.05, 3.63) is 0 Å². The van der Waals surface area contributed by atoms with Crippen LogP contribution in [0, 0.1) is 5.41 Å². The van der Waals surface area contributed by atoms with Crippen LogP contribution in [0.2, 0.25) is 0 Å². The van der Waals surface area contributed by atoms with Crippen LogP contribution in [0.4, 0.5) is 0 Å². The predicted molar refractivity (Wildman–Crippen MR) is 36.3 cm³/mol. The van der Waals surface area contributed by atoms with Crippen LogP contribution in [-0.4, -0.2) is 23.6 Å². The summed E-state index contributed by atoms with van der Waals surface area (Å²) in [5, 5.41) is 0. The summed E-state index contributed by atoms with van der Waals surface area (Å²) in [5.41, 5.74) is 0.474. The maximum Gasteiger partial charge on any atom is 0.235 e. The number of rotatable bonds is 1. The molecule has 1 aliphatic carbocycles. The van der Waals surface area contributed by atoms with E-state index in [0.717, 1.165) is 6.42 Å². The molecule has 2 fully saturated rings. The van der Waals surface area contributed by atoms with Gasteiger partial charge in [-0.15, -0.1) is 0 Å². The Labute approximate surface area is 57.7 Å². The lowest BCUT2D eigenvalue weighted by Crippen LogP contribution is -2.22. The molecule has 1 atom stereocenters. The normalized spacial score (nSPS) is 34.9. The summed E-state index contributed by atoms with van der Waals surface area (Å²) in [6.45, 7) is 0. The minimum absolute atomic E-state index is 0.344. The molecule has 9 heavy (non-hydrogen) atoms. The largest absolute Gasteiger partial charge is 0.235 e. The summed E-state index contributed by atoms with van der Waals surface area (Å²) >= 11 is 1.95. The molecule has 1 heterocycles. The fourth-order valence-corrected chi connectivity index (χ4v) is 2.60. The number of carbonyl (C=O) groups excluding carboxylic acids is 1. The van der Waals surface area contributed by atoms with E-state index in [4.69, 9.17) is 0 Å². The molecule has 0 N–H and O–H groups in total. The zero-order valence-corrected chi connectivity index (χ0v) is 5.78. The van der Waals surface area contributed by atoms with Gasteiger partial charge >= 0.3 is 0 Å². The van der Waals surface area contributed by atoms with E-state index in [1.54, 1.807) is 6.08 Å². The highest BCUT2D eigenvalue weighted by Crippen LogP contribution is 2.59. The van der Waals surface area contributed by atoms with E-state index in [1.807, 2.05) is 11.8 Å². The van der Waals surface area contributed by atoms with Gasteiger partial charge in [0.1, 0.15) is 0 Å². The Morgan fingerprint density at radius 3 is 2.78 bits per heavy atom. The van der Waals surface area contributed by atoms with Crippen molar-refractivity contribution >= 4 is 17.8 Å². The van der Waals surface area contributed by atoms with Crippen LogP contribution in [0.25, 0.3) is 0 Å². The molecule has 1 saturated heterocycles. The predicted octanol–water partition coefficient (Wildman–Crippen LogP) is 0.828. The molecule has 0 radical (unpaired) electrons. The number of nitrogens with zero attached hydrogens (tertiary/aromatic N) is 1. The van der Waals surface area contributed by atoms with Crippen molar-refractivity contribution in [1.82, 2.24) is 0 Å². The molecule has 0 aromatic carbocycles. The molecule has 1 aliphatic heterocycles. The van der Waals surface area contributed by atoms with Crippen LogP contribution >= 0.6 is 11.8 Å². The first-order valence-corrected chi connectivity index (χ1v) is 4.18. The lowest BCUT2D eigenvalue weighted by Gasteiger charge is -2.24. The Hall–Kier alpha value is -0.270. The van der Waals surface area contributed by atoms with Crippen molar-refractivity contribution in [2.45, 2.75) is 12.5 Å². The zero-order chi connectivity index (χ0) is 6.32. The fraction of sp³-hybridized carbons (Fsp3) is 0.833. The molecule has 0 aromatic rings. The summed E-state index contributed by atoms with van der Waals surface area (Å²) in [6.07, 6.45) is 2.75. The third-order valence-corrected chi connectivity index (χ3v) is 3.69. The molecule has 0 amide bonds. The first-order chi connectivity index (χ1) is 4.37. The van der Waals surface area contributed by atoms with Crippen molar-refractivity contribution in [2.75, 3.05) is 11.5 Å². The van der Waals surface area contributed by atoms with Gasteiger partial charge in [0.25, 0.3) is 0 Å². The highest BCUT2D eigenvalue weighted by Gasteiger charge is 2.59. The van der Waals surface area contributed by atoms with Crippen molar-refractivity contribution in [3.8, 4) is 0 Å². The van der Waals surface area contributed by atoms with Gasteiger partial charge in [-0.25, -0.2) is 9.79 Å². The molecule has 3 heteroatoms. The number of hydrogen-bond donors (Lipinski definition) is 0. The van der Waals surface area contributed by atoms with E-state index in [1.165, 1.54) is 11.5 Å². The van der Waals surface area contributed by atoms with Crippen molar-refractivity contribution in [1.29, 1.82) is 0 Å². The van der Waals surface area contributed by atoms with Crippen LogP contribution in [0.3, 0.4) is 0 Å². The standard InChI is InChI=1S/C6H7NOS/c8-4-7-5-1-6(5)2-9-3-6/h5H,1-3H2.